The maximum atomic E-state index is 13.8. The second-order valence-corrected chi connectivity index (χ2v) is 8.69. The van der Waals surface area contributed by atoms with Crippen LogP contribution >= 0.6 is 0 Å². The highest BCUT2D eigenvalue weighted by atomic mass is 16.6. The van der Waals surface area contributed by atoms with E-state index in [4.69, 9.17) is 9.47 Å². The fourth-order valence-electron chi connectivity index (χ4n) is 3.99. The Hall–Kier alpha value is -2.18. The lowest BCUT2D eigenvalue weighted by atomic mass is 9.61. The van der Waals surface area contributed by atoms with E-state index in [1.165, 1.54) is 0 Å². The summed E-state index contributed by atoms with van der Waals surface area (Å²) in [5.74, 6) is -1.01. The van der Waals surface area contributed by atoms with Crippen molar-refractivity contribution in [2.75, 3.05) is 41.3 Å². The van der Waals surface area contributed by atoms with Crippen molar-refractivity contribution >= 4 is 11.9 Å². The Kier molecular flexibility index (Phi) is 13.1. The van der Waals surface area contributed by atoms with Crippen molar-refractivity contribution in [1.82, 2.24) is 9.80 Å². The molecule has 182 valence electrons. The minimum atomic E-state index is -1.41. The molecule has 0 fully saturated rings. The molecule has 0 spiro atoms. The van der Waals surface area contributed by atoms with Crippen molar-refractivity contribution < 1.29 is 19.1 Å². The summed E-state index contributed by atoms with van der Waals surface area (Å²) in [5.41, 5.74) is -2.82. The molecule has 0 aliphatic carbocycles. The lowest BCUT2D eigenvalue weighted by Gasteiger charge is -2.41. The normalized spacial score (nSPS) is 15.5. The Labute approximate surface area is 195 Å². The van der Waals surface area contributed by atoms with Gasteiger partial charge in [-0.05, 0) is 69.7 Å². The first-order chi connectivity index (χ1) is 15.0. The number of allylic oxidation sites excluding steroid dienone is 4. The summed E-state index contributed by atoms with van der Waals surface area (Å²) in [7, 11) is 7.68. The Morgan fingerprint density at radius 1 is 0.656 bits per heavy atom. The molecule has 0 aromatic heterocycles. The largest absolute Gasteiger partial charge is 0.460 e. The first-order valence-electron chi connectivity index (χ1n) is 11.2. The van der Waals surface area contributed by atoms with Gasteiger partial charge in [0.05, 0.1) is 0 Å². The van der Waals surface area contributed by atoms with Gasteiger partial charge < -0.3 is 19.3 Å². The van der Waals surface area contributed by atoms with Gasteiger partial charge in [-0.1, -0.05) is 48.6 Å². The number of hydrogen-bond acceptors (Lipinski definition) is 6. The van der Waals surface area contributed by atoms with Crippen molar-refractivity contribution in [2.24, 2.45) is 10.8 Å². The fourth-order valence-corrected chi connectivity index (χ4v) is 3.99. The molecule has 0 heterocycles. The van der Waals surface area contributed by atoms with Crippen LogP contribution in [-0.2, 0) is 19.1 Å². The van der Waals surface area contributed by atoms with E-state index in [-0.39, 0.29) is 12.2 Å². The highest BCUT2D eigenvalue weighted by Crippen LogP contribution is 2.48. The van der Waals surface area contributed by atoms with Gasteiger partial charge in [0.2, 0.25) is 0 Å². The molecule has 0 aromatic carbocycles. The van der Waals surface area contributed by atoms with Crippen LogP contribution in [0, 0.1) is 10.8 Å². The number of likely N-dealkylation sites (N-methyl/N-ethyl adjacent to an activating group) is 2. The molecule has 6 heteroatoms. The molecule has 0 radical (unpaired) electrons. The molecule has 0 saturated heterocycles. The van der Waals surface area contributed by atoms with Crippen LogP contribution < -0.4 is 0 Å². The molecule has 2 unspecified atom stereocenters. The fraction of sp³-hybridized carbons (Fsp3) is 0.615. The van der Waals surface area contributed by atoms with Crippen LogP contribution in [0.3, 0.4) is 0 Å². The van der Waals surface area contributed by atoms with Crippen molar-refractivity contribution in [3.05, 3.63) is 48.6 Å². The summed E-state index contributed by atoms with van der Waals surface area (Å²) in [6.45, 7) is 12.1. The van der Waals surface area contributed by atoms with Gasteiger partial charge in [0.15, 0.2) is 0 Å². The summed E-state index contributed by atoms with van der Waals surface area (Å²) < 4.78 is 11.8. The van der Waals surface area contributed by atoms with E-state index < -0.39 is 22.8 Å². The van der Waals surface area contributed by atoms with E-state index in [1.807, 2.05) is 79.5 Å². The van der Waals surface area contributed by atoms with Gasteiger partial charge in [-0.15, -0.1) is 0 Å². The van der Waals surface area contributed by atoms with Gasteiger partial charge in [0, 0.05) is 13.1 Å². The summed E-state index contributed by atoms with van der Waals surface area (Å²) in [5, 5.41) is 0. The van der Waals surface area contributed by atoms with E-state index in [1.54, 1.807) is 48.6 Å². The standard InChI is InChI=1S/C26H44N2O4/c1-11-15-25(16-12-2,23(29)31-21(5)19-27(7)8)26(17-13-3,18-14-4)24(30)32-22(6)20-28(9)10/h11-18,21-22H,19-20H2,1-10H3/b15-11+,16-12+,17-13+,18-14+. The minimum absolute atomic E-state index is 0.356. The van der Waals surface area contributed by atoms with Crippen LogP contribution in [0.5, 0.6) is 0 Å². The average molecular weight is 449 g/mol. The van der Waals surface area contributed by atoms with Gasteiger partial charge in [-0.25, -0.2) is 0 Å². The number of esters is 2. The summed E-state index contributed by atoms with van der Waals surface area (Å²) in [4.78, 5) is 31.5. The highest BCUT2D eigenvalue weighted by molar-refractivity contribution is 5.95. The van der Waals surface area contributed by atoms with E-state index in [2.05, 4.69) is 0 Å². The number of rotatable bonds is 13. The molecule has 32 heavy (non-hydrogen) atoms. The maximum Gasteiger partial charge on any atom is 0.322 e. The van der Waals surface area contributed by atoms with Crippen molar-refractivity contribution in [3.8, 4) is 0 Å². The van der Waals surface area contributed by atoms with Gasteiger partial charge in [-0.2, -0.15) is 0 Å². The molecule has 6 nitrogen and oxygen atoms in total. The highest BCUT2D eigenvalue weighted by Gasteiger charge is 2.57. The molecule has 0 N–H and O–H groups in total. The predicted molar refractivity (Wildman–Crippen MR) is 132 cm³/mol. The quantitative estimate of drug-likeness (QED) is 0.310. The lowest BCUT2D eigenvalue weighted by molar-refractivity contribution is -0.171. The molecule has 0 aliphatic rings. The predicted octanol–water partition coefficient (Wildman–Crippen LogP) is 4.25. The number of hydrogen-bond donors (Lipinski definition) is 0. The Morgan fingerprint density at radius 3 is 1.09 bits per heavy atom. The number of carbonyl (C=O) groups excluding carboxylic acids is 2. The smallest absolute Gasteiger partial charge is 0.322 e. The molecular formula is C26H44N2O4. The number of ether oxygens (including phenoxy) is 2. The van der Waals surface area contributed by atoms with E-state index in [0.717, 1.165) is 0 Å². The maximum absolute atomic E-state index is 13.8. The summed E-state index contributed by atoms with van der Waals surface area (Å²) in [6, 6.07) is 0. The number of carbonyl (C=O) groups is 2. The Bertz CT molecular complexity index is 621. The topological polar surface area (TPSA) is 59.1 Å². The van der Waals surface area contributed by atoms with Crippen LogP contribution in [0.25, 0.3) is 0 Å². The van der Waals surface area contributed by atoms with Crippen molar-refractivity contribution in [1.29, 1.82) is 0 Å². The third-order valence-corrected chi connectivity index (χ3v) is 4.94. The lowest BCUT2D eigenvalue weighted by Crippen LogP contribution is -2.51. The van der Waals surface area contributed by atoms with Crippen LogP contribution in [0.1, 0.15) is 41.5 Å². The third-order valence-electron chi connectivity index (χ3n) is 4.94. The van der Waals surface area contributed by atoms with Crippen LogP contribution in [0.4, 0.5) is 0 Å². The Balaban J connectivity index is 6.79. The van der Waals surface area contributed by atoms with E-state index in [0.29, 0.717) is 13.1 Å². The average Bonchev–Trinajstić information content (AvgIpc) is 2.65. The second kappa shape index (κ2) is 14.1. The Morgan fingerprint density at radius 2 is 0.906 bits per heavy atom. The molecule has 0 bridgehead atoms. The van der Waals surface area contributed by atoms with E-state index in [9.17, 15) is 9.59 Å². The van der Waals surface area contributed by atoms with Crippen LogP contribution in [0.15, 0.2) is 48.6 Å². The molecular weight excluding hydrogens is 404 g/mol. The molecule has 0 amide bonds. The van der Waals surface area contributed by atoms with Crippen LogP contribution in [0.2, 0.25) is 0 Å². The van der Waals surface area contributed by atoms with Gasteiger partial charge >= 0.3 is 11.9 Å². The molecule has 0 aromatic rings. The van der Waals surface area contributed by atoms with Crippen molar-refractivity contribution in [3.63, 3.8) is 0 Å². The number of nitrogens with zero attached hydrogens (tertiary/aromatic N) is 2. The van der Waals surface area contributed by atoms with Gasteiger partial charge in [-0.3, -0.25) is 9.59 Å². The summed E-state index contributed by atoms with van der Waals surface area (Å²) >= 11 is 0. The van der Waals surface area contributed by atoms with Crippen molar-refractivity contribution in [2.45, 2.75) is 53.8 Å². The second-order valence-electron chi connectivity index (χ2n) is 8.69. The third kappa shape index (κ3) is 7.75. The zero-order valence-electron chi connectivity index (χ0n) is 21.7. The molecule has 0 saturated carbocycles. The van der Waals surface area contributed by atoms with E-state index >= 15 is 0 Å². The zero-order chi connectivity index (χ0) is 24.9. The molecule has 0 rings (SSSR count). The van der Waals surface area contributed by atoms with Gasteiger partial charge in [0.1, 0.15) is 23.0 Å². The van der Waals surface area contributed by atoms with Gasteiger partial charge in [0.25, 0.3) is 0 Å². The SMILES string of the molecule is C/C=C/C(/C=C/C)(C(=O)OC(C)CN(C)C)C(/C=C/C)(/C=C/C)C(=O)OC(C)CN(C)C. The molecule has 0 aliphatic heterocycles. The monoisotopic (exact) mass is 448 g/mol. The minimum Gasteiger partial charge on any atom is -0.460 e. The summed E-state index contributed by atoms with van der Waals surface area (Å²) in [6.07, 6.45) is 13.3. The zero-order valence-corrected chi connectivity index (χ0v) is 21.7. The van der Waals surface area contributed by atoms with Crippen LogP contribution in [-0.4, -0.2) is 75.2 Å². The first kappa shape index (κ1) is 29.8. The first-order valence-corrected chi connectivity index (χ1v) is 11.2. The molecule has 2 atom stereocenters.